The summed E-state index contributed by atoms with van der Waals surface area (Å²) in [5.41, 5.74) is 2.38. The van der Waals surface area contributed by atoms with E-state index in [2.05, 4.69) is 34.2 Å². The highest BCUT2D eigenvalue weighted by Crippen LogP contribution is 2.19. The van der Waals surface area contributed by atoms with E-state index in [4.69, 9.17) is 10.6 Å². The molecule has 0 aliphatic rings. The minimum Gasteiger partial charge on any atom is -0.467 e. The van der Waals surface area contributed by atoms with E-state index in [1.165, 1.54) is 7.11 Å². The molecule has 0 radical (unpaired) electrons. The fourth-order valence-electron chi connectivity index (χ4n) is 1.91. The molecule has 0 saturated heterocycles. The second-order valence-corrected chi connectivity index (χ2v) is 3.98. The van der Waals surface area contributed by atoms with Crippen LogP contribution < -0.4 is 20.9 Å². The third-order valence-corrected chi connectivity index (χ3v) is 2.90. The zero-order valence-corrected chi connectivity index (χ0v) is 11.6. The average Bonchev–Trinajstić information content (AvgIpc) is 2.46. The lowest BCUT2D eigenvalue weighted by Gasteiger charge is -2.30. The average molecular weight is 270 g/mol. The van der Waals surface area contributed by atoms with Crippen molar-refractivity contribution in [1.82, 2.24) is 15.0 Å². The molecule has 1 heterocycles. The van der Waals surface area contributed by atoms with Crippen molar-refractivity contribution in [2.45, 2.75) is 32.7 Å². The number of hydrazine groups is 1. The Balaban J connectivity index is 3.12. The molecule has 19 heavy (non-hydrogen) atoms. The van der Waals surface area contributed by atoms with E-state index in [0.717, 1.165) is 12.8 Å². The number of nitrogens with zero attached hydrogens (tertiary/aromatic N) is 4. The van der Waals surface area contributed by atoms with E-state index in [9.17, 15) is 5.11 Å². The van der Waals surface area contributed by atoms with Crippen molar-refractivity contribution in [3.05, 3.63) is 0 Å². The van der Waals surface area contributed by atoms with Gasteiger partial charge in [0.05, 0.1) is 13.7 Å². The summed E-state index contributed by atoms with van der Waals surface area (Å²) in [6.45, 7) is 4.64. The van der Waals surface area contributed by atoms with Gasteiger partial charge in [0, 0.05) is 12.6 Å². The van der Waals surface area contributed by atoms with Crippen LogP contribution in [0.4, 0.5) is 11.9 Å². The summed E-state index contributed by atoms with van der Waals surface area (Å²) in [6.07, 6.45) is 1.85. The van der Waals surface area contributed by atoms with Gasteiger partial charge in [0.15, 0.2) is 0 Å². The maximum atomic E-state index is 9.21. The molecule has 8 heteroatoms. The first kappa shape index (κ1) is 15.4. The summed E-state index contributed by atoms with van der Waals surface area (Å²) < 4.78 is 5.03. The van der Waals surface area contributed by atoms with Crippen LogP contribution in [0.2, 0.25) is 0 Å². The van der Waals surface area contributed by atoms with Gasteiger partial charge in [-0.05, 0) is 12.8 Å². The fraction of sp³-hybridized carbons (Fsp3) is 0.727. The van der Waals surface area contributed by atoms with E-state index in [1.54, 1.807) is 0 Å². The molecule has 0 aliphatic heterocycles. The van der Waals surface area contributed by atoms with Crippen LogP contribution in [-0.4, -0.2) is 46.4 Å². The first-order valence-electron chi connectivity index (χ1n) is 6.34. The molecule has 108 valence electrons. The van der Waals surface area contributed by atoms with E-state index in [-0.39, 0.29) is 24.6 Å². The van der Waals surface area contributed by atoms with Gasteiger partial charge >= 0.3 is 6.01 Å². The molecule has 1 aromatic heterocycles. The number of ether oxygens (including phenoxy) is 1. The van der Waals surface area contributed by atoms with Crippen molar-refractivity contribution in [3.8, 4) is 6.01 Å². The molecule has 0 amide bonds. The van der Waals surface area contributed by atoms with Crippen molar-refractivity contribution in [1.29, 1.82) is 0 Å². The van der Waals surface area contributed by atoms with Crippen molar-refractivity contribution in [2.24, 2.45) is 5.84 Å². The summed E-state index contributed by atoms with van der Waals surface area (Å²) in [6, 6.07) is 0.428. The molecule has 0 spiro atoms. The van der Waals surface area contributed by atoms with Crippen LogP contribution in [0, 0.1) is 0 Å². The molecule has 0 atom stereocenters. The SMILES string of the molecule is CCC(CC)N(CCO)c1nc(NN)nc(OC)n1. The normalized spacial score (nSPS) is 10.6. The maximum absolute atomic E-state index is 9.21. The van der Waals surface area contributed by atoms with Crippen LogP contribution in [0.15, 0.2) is 0 Å². The van der Waals surface area contributed by atoms with Crippen LogP contribution in [0.5, 0.6) is 6.01 Å². The number of rotatable bonds is 8. The van der Waals surface area contributed by atoms with E-state index < -0.39 is 0 Å². The van der Waals surface area contributed by atoms with Gasteiger partial charge in [-0.25, -0.2) is 5.84 Å². The van der Waals surface area contributed by atoms with Gasteiger partial charge in [-0.15, -0.1) is 0 Å². The minimum atomic E-state index is 0.0237. The molecular weight excluding hydrogens is 248 g/mol. The summed E-state index contributed by atoms with van der Waals surface area (Å²) in [5, 5.41) is 9.21. The quantitative estimate of drug-likeness (QED) is 0.452. The molecule has 1 aromatic rings. The highest BCUT2D eigenvalue weighted by molar-refractivity contribution is 5.38. The topological polar surface area (TPSA) is 109 Å². The number of nitrogens with two attached hydrogens (primary N) is 1. The van der Waals surface area contributed by atoms with Gasteiger partial charge in [-0.2, -0.15) is 15.0 Å². The summed E-state index contributed by atoms with van der Waals surface area (Å²) >= 11 is 0. The Kier molecular flexibility index (Phi) is 6.23. The number of aromatic nitrogens is 3. The van der Waals surface area contributed by atoms with Crippen LogP contribution >= 0.6 is 0 Å². The molecule has 8 nitrogen and oxygen atoms in total. The monoisotopic (exact) mass is 270 g/mol. The van der Waals surface area contributed by atoms with Crippen molar-refractivity contribution in [3.63, 3.8) is 0 Å². The van der Waals surface area contributed by atoms with Crippen molar-refractivity contribution < 1.29 is 9.84 Å². The summed E-state index contributed by atoms with van der Waals surface area (Å²) in [7, 11) is 1.48. The molecule has 0 unspecified atom stereocenters. The van der Waals surface area contributed by atoms with Gasteiger partial charge in [-0.3, -0.25) is 5.43 Å². The second kappa shape index (κ2) is 7.70. The number of hydrogen-bond acceptors (Lipinski definition) is 8. The van der Waals surface area contributed by atoms with Crippen molar-refractivity contribution >= 4 is 11.9 Å². The standard InChI is InChI=1S/C11H22N6O2/c1-4-8(5-2)17(6-7-18)10-13-9(16-12)14-11(15-10)19-3/h8,18H,4-7,12H2,1-3H3,(H,13,14,15,16). The Hall–Kier alpha value is -1.67. The third kappa shape index (κ3) is 3.90. The fourth-order valence-corrected chi connectivity index (χ4v) is 1.91. The molecule has 0 fully saturated rings. The lowest BCUT2D eigenvalue weighted by atomic mass is 10.1. The first-order valence-corrected chi connectivity index (χ1v) is 6.34. The van der Waals surface area contributed by atoms with Gasteiger partial charge in [0.25, 0.3) is 0 Å². The molecular formula is C11H22N6O2. The summed E-state index contributed by atoms with van der Waals surface area (Å²) in [4.78, 5) is 14.3. The van der Waals surface area contributed by atoms with Gasteiger partial charge in [0.2, 0.25) is 11.9 Å². The predicted molar refractivity (Wildman–Crippen MR) is 73.0 cm³/mol. The lowest BCUT2D eigenvalue weighted by molar-refractivity contribution is 0.294. The highest BCUT2D eigenvalue weighted by atomic mass is 16.5. The van der Waals surface area contributed by atoms with E-state index in [1.807, 2.05) is 4.90 Å². The number of hydrogen-bond donors (Lipinski definition) is 3. The Labute approximate surface area is 113 Å². The Bertz CT molecular complexity index is 363. The van der Waals surface area contributed by atoms with Gasteiger partial charge < -0.3 is 14.7 Å². The number of aliphatic hydroxyl groups is 1. The van der Waals surface area contributed by atoms with Gasteiger partial charge in [-0.1, -0.05) is 13.8 Å². The van der Waals surface area contributed by atoms with Crippen molar-refractivity contribution in [2.75, 3.05) is 30.6 Å². The summed E-state index contributed by atoms with van der Waals surface area (Å²) in [5.74, 6) is 6.01. The molecule has 0 bridgehead atoms. The smallest absolute Gasteiger partial charge is 0.322 e. The van der Waals surface area contributed by atoms with E-state index in [0.29, 0.717) is 12.5 Å². The molecule has 0 saturated carbocycles. The first-order chi connectivity index (χ1) is 9.19. The minimum absolute atomic E-state index is 0.0237. The number of methoxy groups -OCH3 is 1. The van der Waals surface area contributed by atoms with Crippen LogP contribution in [0.25, 0.3) is 0 Å². The maximum Gasteiger partial charge on any atom is 0.322 e. The Morgan fingerprint density at radius 1 is 1.32 bits per heavy atom. The largest absolute Gasteiger partial charge is 0.467 e. The van der Waals surface area contributed by atoms with Crippen LogP contribution in [0.3, 0.4) is 0 Å². The predicted octanol–water partition coefficient (Wildman–Crippen LogP) is 0.153. The number of anilines is 2. The molecule has 0 aliphatic carbocycles. The Morgan fingerprint density at radius 2 is 2.00 bits per heavy atom. The zero-order chi connectivity index (χ0) is 14.3. The molecule has 4 N–H and O–H groups in total. The number of aliphatic hydroxyl groups excluding tert-OH is 1. The zero-order valence-electron chi connectivity index (χ0n) is 11.6. The van der Waals surface area contributed by atoms with E-state index >= 15 is 0 Å². The lowest BCUT2D eigenvalue weighted by Crippen LogP contribution is -2.38. The van der Waals surface area contributed by atoms with Gasteiger partial charge in [0.1, 0.15) is 0 Å². The second-order valence-electron chi connectivity index (χ2n) is 3.98. The van der Waals surface area contributed by atoms with Crippen LogP contribution in [0.1, 0.15) is 26.7 Å². The molecule has 1 rings (SSSR count). The highest BCUT2D eigenvalue weighted by Gasteiger charge is 2.19. The van der Waals surface area contributed by atoms with Crippen LogP contribution in [-0.2, 0) is 0 Å². The Morgan fingerprint density at radius 3 is 2.47 bits per heavy atom. The number of nitrogens with one attached hydrogen (secondary N) is 1. The number of nitrogen functional groups attached to an aromatic ring is 1. The third-order valence-electron chi connectivity index (χ3n) is 2.90. The molecule has 0 aromatic carbocycles.